The second kappa shape index (κ2) is 7.55. The largest absolute Gasteiger partial charge is 0.465 e. The minimum absolute atomic E-state index is 0.0239. The predicted molar refractivity (Wildman–Crippen MR) is 108 cm³/mol. The molecular formula is C19H18ClN5O5S. The van der Waals surface area contributed by atoms with Crippen LogP contribution in [-0.4, -0.2) is 63.6 Å². The highest BCUT2D eigenvalue weighted by Crippen LogP contribution is 2.36. The fourth-order valence-corrected chi connectivity index (χ4v) is 5.89. The molecule has 0 spiro atoms. The molecule has 2 aliphatic rings. The Morgan fingerprint density at radius 3 is 2.65 bits per heavy atom. The van der Waals surface area contributed by atoms with Gasteiger partial charge in [-0.1, -0.05) is 11.6 Å². The summed E-state index contributed by atoms with van der Waals surface area (Å²) in [5, 5.41) is 24.1. The summed E-state index contributed by atoms with van der Waals surface area (Å²) in [5.41, 5.74) is -0.417. The first-order chi connectivity index (χ1) is 14.7. The lowest BCUT2D eigenvalue weighted by Crippen LogP contribution is -2.49. The fraction of sp³-hybridized carbons (Fsp3) is 0.368. The number of amides is 2. The van der Waals surface area contributed by atoms with Gasteiger partial charge in [-0.25, -0.2) is 17.9 Å². The zero-order chi connectivity index (χ0) is 22.4. The maximum absolute atomic E-state index is 13.2. The molecule has 1 aliphatic carbocycles. The molecule has 10 nitrogen and oxygen atoms in total. The molecule has 4 rings (SSSR count). The Balaban J connectivity index is 1.59. The van der Waals surface area contributed by atoms with Gasteiger partial charge in [0.05, 0.1) is 26.9 Å². The molecule has 1 aromatic heterocycles. The summed E-state index contributed by atoms with van der Waals surface area (Å²) >= 11 is 6.26. The van der Waals surface area contributed by atoms with Crippen molar-refractivity contribution in [2.24, 2.45) is 0 Å². The van der Waals surface area contributed by atoms with E-state index in [-0.39, 0.29) is 22.9 Å². The zero-order valence-electron chi connectivity index (χ0n) is 16.1. The minimum Gasteiger partial charge on any atom is -0.465 e. The average molecular weight is 464 g/mol. The SMILES string of the molecule is N#CC1(NC(=O)[C@@H]2C[C@@H](S(=O)(=O)c3ccc(-n4cccn4)cc3Cl)CN2C(=O)O)CC1. The third kappa shape index (κ3) is 3.84. The van der Waals surface area contributed by atoms with Gasteiger partial charge in [0, 0.05) is 18.9 Å². The van der Waals surface area contributed by atoms with Crippen molar-refractivity contribution in [3.63, 3.8) is 0 Å². The highest BCUT2D eigenvalue weighted by molar-refractivity contribution is 7.92. The van der Waals surface area contributed by atoms with E-state index in [2.05, 4.69) is 10.4 Å². The zero-order valence-corrected chi connectivity index (χ0v) is 17.7. The Kier molecular flexibility index (Phi) is 5.15. The number of carbonyl (C=O) groups excluding carboxylic acids is 1. The lowest BCUT2D eigenvalue weighted by Gasteiger charge is -2.21. The number of aromatic nitrogens is 2. The van der Waals surface area contributed by atoms with Gasteiger partial charge in [-0.3, -0.25) is 9.69 Å². The summed E-state index contributed by atoms with van der Waals surface area (Å²) in [6.07, 6.45) is 2.59. The standard InChI is InChI=1S/C19H18ClN5O5S/c20-14-8-12(25-7-1-6-22-25)2-3-16(14)31(29,30)13-9-15(24(10-13)18(27)28)17(26)23-19(11-21)4-5-19/h1-3,6-8,13,15H,4-5,9-10H2,(H,23,26)(H,27,28)/t13-,15+/m1/s1. The Labute approximate surface area is 182 Å². The summed E-state index contributed by atoms with van der Waals surface area (Å²) < 4.78 is 28.0. The number of halogens is 1. The van der Waals surface area contributed by atoms with Gasteiger partial charge in [-0.05, 0) is 43.5 Å². The predicted octanol–water partition coefficient (Wildman–Crippen LogP) is 1.59. The maximum Gasteiger partial charge on any atom is 0.408 e. The number of nitrogens with zero attached hydrogens (tertiary/aromatic N) is 4. The van der Waals surface area contributed by atoms with Crippen LogP contribution in [0.5, 0.6) is 0 Å². The topological polar surface area (TPSA) is 145 Å². The lowest BCUT2D eigenvalue weighted by atomic mass is 10.2. The maximum atomic E-state index is 13.2. The third-order valence-corrected chi connectivity index (χ3v) is 8.18. The van der Waals surface area contributed by atoms with Gasteiger partial charge in [0.1, 0.15) is 11.6 Å². The van der Waals surface area contributed by atoms with Crippen molar-refractivity contribution in [3.05, 3.63) is 41.7 Å². The first kappa shape index (κ1) is 21.1. The molecule has 2 aromatic rings. The van der Waals surface area contributed by atoms with E-state index in [0.29, 0.717) is 18.5 Å². The van der Waals surface area contributed by atoms with Crippen molar-refractivity contribution in [2.75, 3.05) is 6.54 Å². The molecule has 2 N–H and O–H groups in total. The molecule has 2 amide bonds. The van der Waals surface area contributed by atoms with Gasteiger partial charge in [0.25, 0.3) is 0 Å². The lowest BCUT2D eigenvalue weighted by molar-refractivity contribution is -0.125. The molecule has 2 fully saturated rings. The average Bonchev–Trinajstić information content (AvgIpc) is 3.13. The highest BCUT2D eigenvalue weighted by atomic mass is 35.5. The number of nitrogens with one attached hydrogen (secondary N) is 1. The van der Waals surface area contributed by atoms with E-state index >= 15 is 0 Å². The van der Waals surface area contributed by atoms with E-state index in [1.165, 1.54) is 16.8 Å². The smallest absolute Gasteiger partial charge is 0.408 e. The van der Waals surface area contributed by atoms with Gasteiger partial charge < -0.3 is 10.4 Å². The Morgan fingerprint density at radius 1 is 1.35 bits per heavy atom. The van der Waals surface area contributed by atoms with E-state index < -0.39 is 38.7 Å². The summed E-state index contributed by atoms with van der Waals surface area (Å²) in [4.78, 5) is 25.0. The molecule has 162 valence electrons. The van der Waals surface area contributed by atoms with Crippen molar-refractivity contribution < 1.29 is 23.1 Å². The van der Waals surface area contributed by atoms with Crippen LogP contribution in [0.1, 0.15) is 19.3 Å². The summed E-state index contributed by atoms with van der Waals surface area (Å²) in [6, 6.07) is 6.86. The molecule has 0 bridgehead atoms. The van der Waals surface area contributed by atoms with Crippen LogP contribution in [0.2, 0.25) is 5.02 Å². The quantitative estimate of drug-likeness (QED) is 0.684. The van der Waals surface area contributed by atoms with Gasteiger partial charge in [0.15, 0.2) is 9.84 Å². The summed E-state index contributed by atoms with van der Waals surface area (Å²) in [5.74, 6) is -0.667. The molecule has 0 radical (unpaired) electrons. The van der Waals surface area contributed by atoms with Crippen LogP contribution < -0.4 is 5.32 Å². The molecule has 1 aliphatic heterocycles. The number of sulfone groups is 1. The van der Waals surface area contributed by atoms with Crippen molar-refractivity contribution in [3.8, 4) is 11.8 Å². The van der Waals surface area contributed by atoms with Crippen LogP contribution in [0.25, 0.3) is 5.69 Å². The Bertz CT molecular complexity index is 1190. The summed E-state index contributed by atoms with van der Waals surface area (Å²) in [6.45, 7) is -0.369. The van der Waals surface area contributed by atoms with E-state index in [0.717, 1.165) is 4.90 Å². The van der Waals surface area contributed by atoms with Crippen molar-refractivity contribution in [1.29, 1.82) is 5.26 Å². The molecule has 1 aromatic carbocycles. The van der Waals surface area contributed by atoms with Gasteiger partial charge in [-0.15, -0.1) is 0 Å². The van der Waals surface area contributed by atoms with Gasteiger partial charge in [-0.2, -0.15) is 10.4 Å². The van der Waals surface area contributed by atoms with Gasteiger partial charge >= 0.3 is 6.09 Å². The first-order valence-electron chi connectivity index (χ1n) is 9.43. The molecule has 0 unspecified atom stereocenters. The number of rotatable bonds is 5. The highest BCUT2D eigenvalue weighted by Gasteiger charge is 2.50. The van der Waals surface area contributed by atoms with Crippen LogP contribution >= 0.6 is 11.6 Å². The number of hydrogen-bond donors (Lipinski definition) is 2. The Hall–Kier alpha value is -3.10. The molecule has 12 heteroatoms. The molecule has 1 saturated heterocycles. The first-order valence-corrected chi connectivity index (χ1v) is 11.4. The van der Waals surface area contributed by atoms with Crippen LogP contribution in [0.4, 0.5) is 4.79 Å². The molecule has 2 atom stereocenters. The Morgan fingerprint density at radius 2 is 2.10 bits per heavy atom. The number of hydrogen-bond acceptors (Lipinski definition) is 6. The van der Waals surface area contributed by atoms with E-state index in [1.54, 1.807) is 24.5 Å². The van der Waals surface area contributed by atoms with Crippen molar-refractivity contribution in [2.45, 2.75) is 41.0 Å². The van der Waals surface area contributed by atoms with Gasteiger partial charge in [0.2, 0.25) is 5.91 Å². The molecule has 1 saturated carbocycles. The number of benzene rings is 1. The van der Waals surface area contributed by atoms with Crippen LogP contribution in [0.3, 0.4) is 0 Å². The fourth-order valence-electron chi connectivity index (χ4n) is 3.66. The second-order valence-electron chi connectivity index (χ2n) is 7.60. The molecular weight excluding hydrogens is 446 g/mol. The third-order valence-electron chi connectivity index (χ3n) is 5.57. The van der Waals surface area contributed by atoms with Crippen molar-refractivity contribution in [1.82, 2.24) is 20.0 Å². The number of carbonyl (C=O) groups is 2. The monoisotopic (exact) mass is 463 g/mol. The molecule has 2 heterocycles. The number of carboxylic acid groups (broad SMARTS) is 1. The van der Waals surface area contributed by atoms with Crippen LogP contribution in [-0.2, 0) is 14.6 Å². The van der Waals surface area contributed by atoms with Crippen molar-refractivity contribution >= 4 is 33.4 Å². The van der Waals surface area contributed by atoms with Crippen LogP contribution in [0, 0.1) is 11.3 Å². The number of nitriles is 1. The van der Waals surface area contributed by atoms with E-state index in [1.807, 2.05) is 6.07 Å². The van der Waals surface area contributed by atoms with Crippen LogP contribution in [0.15, 0.2) is 41.6 Å². The molecule has 31 heavy (non-hydrogen) atoms. The normalized spacial score (nSPS) is 22.0. The van der Waals surface area contributed by atoms with E-state index in [4.69, 9.17) is 16.9 Å². The minimum atomic E-state index is -4.03. The second-order valence-corrected chi connectivity index (χ2v) is 10.2. The number of likely N-dealkylation sites (tertiary alicyclic amines) is 1. The summed E-state index contributed by atoms with van der Waals surface area (Å²) in [7, 11) is -4.03. The van der Waals surface area contributed by atoms with E-state index in [9.17, 15) is 23.1 Å².